The molecule has 0 aliphatic carbocycles. The van der Waals surface area contributed by atoms with Gasteiger partial charge in [0.15, 0.2) is 0 Å². The number of hydrogen-bond acceptors (Lipinski definition) is 7. The molecule has 0 spiro atoms. The molecule has 4 rings (SSSR count). The van der Waals surface area contributed by atoms with Crippen LogP contribution < -0.4 is 15.0 Å². The van der Waals surface area contributed by atoms with Gasteiger partial charge in [0, 0.05) is 48.5 Å². The van der Waals surface area contributed by atoms with E-state index in [2.05, 4.69) is 20.2 Å². The molecule has 0 radical (unpaired) electrons. The molecule has 2 aliphatic heterocycles. The van der Waals surface area contributed by atoms with Crippen LogP contribution in [-0.2, 0) is 4.74 Å². The van der Waals surface area contributed by atoms with Gasteiger partial charge in [-0.05, 0) is 11.4 Å². The highest BCUT2D eigenvalue weighted by Gasteiger charge is 2.44. The van der Waals surface area contributed by atoms with E-state index >= 15 is 0 Å². The Morgan fingerprint density at radius 2 is 2.40 bits per heavy atom. The largest absolute Gasteiger partial charge is 0.481 e. The van der Waals surface area contributed by atoms with Crippen LogP contribution in [0.25, 0.3) is 0 Å². The minimum absolute atomic E-state index is 0.0138. The highest BCUT2D eigenvalue weighted by Crippen LogP contribution is 2.35. The molecular formula is C17H20N4O3S. The fourth-order valence-corrected chi connectivity index (χ4v) is 4.17. The molecule has 4 heterocycles. The number of nitrogens with zero attached hydrogens (tertiary/aromatic N) is 3. The maximum absolute atomic E-state index is 12.1. The number of amides is 1. The Morgan fingerprint density at radius 3 is 3.20 bits per heavy atom. The first-order valence-corrected chi connectivity index (χ1v) is 9.22. The number of aromatic nitrogens is 2. The summed E-state index contributed by atoms with van der Waals surface area (Å²) in [6.45, 7) is 3.00. The Morgan fingerprint density at radius 1 is 1.48 bits per heavy atom. The Labute approximate surface area is 150 Å². The predicted molar refractivity (Wildman–Crippen MR) is 94.2 cm³/mol. The van der Waals surface area contributed by atoms with Gasteiger partial charge < -0.3 is 19.7 Å². The molecule has 3 atom stereocenters. The molecule has 0 aromatic carbocycles. The number of methoxy groups -OCH3 is 1. The van der Waals surface area contributed by atoms with Gasteiger partial charge in [0.1, 0.15) is 12.1 Å². The summed E-state index contributed by atoms with van der Waals surface area (Å²) < 4.78 is 11.1. The lowest BCUT2D eigenvalue weighted by atomic mass is 9.93. The number of anilines is 1. The third-order valence-electron chi connectivity index (χ3n) is 4.91. The number of thiophene rings is 1. The summed E-state index contributed by atoms with van der Waals surface area (Å²) in [7, 11) is 1.60. The number of carbonyl (C=O) groups excluding carboxylic acids is 1. The average Bonchev–Trinajstić information content (AvgIpc) is 3.37. The standard InChI is InChI=1S/C17H20N4O3S/c1-23-16-4-15(19-10-20-16)21-6-13-12(8-24-14(13)7-21)5-18-17(22)11-2-3-25-9-11/h2-4,9-10,12-14H,5-8H2,1H3,(H,18,22)/t12-,13-,14-/m0/s1. The lowest BCUT2D eigenvalue weighted by Gasteiger charge is -2.21. The molecule has 2 aromatic rings. The molecule has 0 saturated carbocycles. The van der Waals surface area contributed by atoms with Crippen molar-refractivity contribution in [2.24, 2.45) is 11.8 Å². The molecule has 0 bridgehead atoms. The Balaban J connectivity index is 1.37. The van der Waals surface area contributed by atoms with E-state index in [1.807, 2.05) is 22.9 Å². The van der Waals surface area contributed by atoms with Crippen molar-refractivity contribution < 1.29 is 14.3 Å². The average molecular weight is 360 g/mol. The van der Waals surface area contributed by atoms with E-state index in [0.29, 0.717) is 30.9 Å². The Hall–Kier alpha value is -2.19. The fraction of sp³-hybridized carbons (Fsp3) is 0.471. The summed E-state index contributed by atoms with van der Waals surface area (Å²) in [6.07, 6.45) is 1.70. The lowest BCUT2D eigenvalue weighted by Crippen LogP contribution is -2.34. The van der Waals surface area contributed by atoms with Crippen molar-refractivity contribution in [2.75, 3.05) is 38.3 Å². The summed E-state index contributed by atoms with van der Waals surface area (Å²) in [5.41, 5.74) is 0.724. The molecule has 25 heavy (non-hydrogen) atoms. The topological polar surface area (TPSA) is 76.6 Å². The van der Waals surface area contributed by atoms with Crippen LogP contribution >= 0.6 is 11.3 Å². The first-order valence-electron chi connectivity index (χ1n) is 8.27. The van der Waals surface area contributed by atoms with E-state index in [1.165, 1.54) is 17.7 Å². The summed E-state index contributed by atoms with van der Waals surface area (Å²) in [5.74, 6) is 2.11. The molecule has 1 N–H and O–H groups in total. The molecule has 2 aromatic heterocycles. The first-order chi connectivity index (χ1) is 12.2. The van der Waals surface area contributed by atoms with Crippen molar-refractivity contribution in [1.29, 1.82) is 0 Å². The Kier molecular flexibility index (Phi) is 4.54. The molecule has 7 nitrogen and oxygen atoms in total. The number of nitrogens with one attached hydrogen (secondary N) is 1. The van der Waals surface area contributed by atoms with Crippen LogP contribution in [-0.4, -0.2) is 55.3 Å². The smallest absolute Gasteiger partial charge is 0.252 e. The van der Waals surface area contributed by atoms with Gasteiger partial charge in [-0.15, -0.1) is 0 Å². The molecule has 2 fully saturated rings. The normalized spacial score (nSPS) is 25.0. The van der Waals surface area contributed by atoms with Gasteiger partial charge in [-0.25, -0.2) is 9.97 Å². The Bertz CT molecular complexity index is 739. The zero-order chi connectivity index (χ0) is 17.2. The van der Waals surface area contributed by atoms with Gasteiger partial charge in [0.05, 0.1) is 19.8 Å². The SMILES string of the molecule is COc1cc(N2C[C@H]3[C@@H](CNC(=O)c4ccsc4)CO[C@H]3C2)ncn1. The van der Waals surface area contributed by atoms with Gasteiger partial charge in [-0.3, -0.25) is 4.79 Å². The highest BCUT2D eigenvalue weighted by molar-refractivity contribution is 7.08. The minimum Gasteiger partial charge on any atom is -0.481 e. The van der Waals surface area contributed by atoms with E-state index in [4.69, 9.17) is 9.47 Å². The number of ether oxygens (including phenoxy) is 2. The van der Waals surface area contributed by atoms with E-state index in [9.17, 15) is 4.79 Å². The summed E-state index contributed by atoms with van der Waals surface area (Å²) in [4.78, 5) is 22.7. The monoisotopic (exact) mass is 360 g/mol. The summed E-state index contributed by atoms with van der Waals surface area (Å²) in [5, 5.41) is 6.81. The van der Waals surface area contributed by atoms with Crippen LogP contribution in [0.15, 0.2) is 29.2 Å². The number of carbonyl (C=O) groups is 1. The second-order valence-corrected chi connectivity index (χ2v) is 7.12. The maximum Gasteiger partial charge on any atom is 0.252 e. The fourth-order valence-electron chi connectivity index (χ4n) is 3.53. The molecule has 132 valence electrons. The molecule has 2 saturated heterocycles. The zero-order valence-electron chi connectivity index (χ0n) is 13.9. The van der Waals surface area contributed by atoms with E-state index in [-0.39, 0.29) is 12.0 Å². The number of hydrogen-bond donors (Lipinski definition) is 1. The van der Waals surface area contributed by atoms with Crippen molar-refractivity contribution in [1.82, 2.24) is 15.3 Å². The molecule has 8 heteroatoms. The van der Waals surface area contributed by atoms with E-state index < -0.39 is 0 Å². The van der Waals surface area contributed by atoms with Crippen molar-refractivity contribution in [3.8, 4) is 5.88 Å². The second kappa shape index (κ2) is 6.97. The minimum atomic E-state index is -0.0138. The molecule has 1 amide bonds. The predicted octanol–water partition coefficient (Wildman–Crippen LogP) is 1.43. The van der Waals surface area contributed by atoms with E-state index in [1.54, 1.807) is 7.11 Å². The van der Waals surface area contributed by atoms with Crippen molar-refractivity contribution >= 4 is 23.1 Å². The van der Waals surface area contributed by atoms with Crippen LogP contribution in [0.5, 0.6) is 5.88 Å². The molecular weight excluding hydrogens is 340 g/mol. The van der Waals surface area contributed by atoms with Gasteiger partial charge in [-0.1, -0.05) is 0 Å². The van der Waals surface area contributed by atoms with Crippen molar-refractivity contribution in [3.63, 3.8) is 0 Å². The third kappa shape index (κ3) is 3.32. The van der Waals surface area contributed by atoms with Gasteiger partial charge in [-0.2, -0.15) is 11.3 Å². The summed E-state index contributed by atoms with van der Waals surface area (Å²) in [6, 6.07) is 3.68. The van der Waals surface area contributed by atoms with Gasteiger partial charge in [0.2, 0.25) is 5.88 Å². The van der Waals surface area contributed by atoms with Crippen molar-refractivity contribution in [2.45, 2.75) is 6.10 Å². The highest BCUT2D eigenvalue weighted by atomic mass is 32.1. The third-order valence-corrected chi connectivity index (χ3v) is 5.59. The van der Waals surface area contributed by atoms with Crippen molar-refractivity contribution in [3.05, 3.63) is 34.8 Å². The van der Waals surface area contributed by atoms with E-state index in [0.717, 1.165) is 24.5 Å². The zero-order valence-corrected chi connectivity index (χ0v) is 14.7. The number of fused-ring (bicyclic) bond motifs is 1. The maximum atomic E-state index is 12.1. The molecule has 2 aliphatic rings. The summed E-state index contributed by atoms with van der Waals surface area (Å²) >= 11 is 1.53. The van der Waals surface area contributed by atoms with Gasteiger partial charge >= 0.3 is 0 Å². The second-order valence-electron chi connectivity index (χ2n) is 6.34. The lowest BCUT2D eigenvalue weighted by molar-refractivity contribution is 0.0940. The van der Waals surface area contributed by atoms with Crippen LogP contribution in [0.4, 0.5) is 5.82 Å². The van der Waals surface area contributed by atoms with Gasteiger partial charge in [0.25, 0.3) is 5.91 Å². The first kappa shape index (κ1) is 16.3. The quantitative estimate of drug-likeness (QED) is 0.869. The van der Waals surface area contributed by atoms with Crippen LogP contribution in [0.2, 0.25) is 0 Å². The molecule has 0 unspecified atom stereocenters. The van der Waals surface area contributed by atoms with Crippen LogP contribution in [0.3, 0.4) is 0 Å². The van der Waals surface area contributed by atoms with Crippen LogP contribution in [0, 0.1) is 11.8 Å². The van der Waals surface area contributed by atoms with Crippen LogP contribution in [0.1, 0.15) is 10.4 Å². The number of rotatable bonds is 5.